The number of nitrogens with zero attached hydrogens (tertiary/aromatic N) is 2. The van der Waals surface area contributed by atoms with Crippen molar-refractivity contribution < 1.29 is 18.0 Å². The summed E-state index contributed by atoms with van der Waals surface area (Å²) in [5.41, 5.74) is 4.04. The summed E-state index contributed by atoms with van der Waals surface area (Å²) in [5, 5.41) is 3.02. The Morgan fingerprint density at radius 2 is 1.42 bits per heavy atom. The smallest absolute Gasteiger partial charge is 0.264 e. The van der Waals surface area contributed by atoms with Gasteiger partial charge in [0.25, 0.3) is 10.0 Å². The monoisotopic (exact) mass is 689 g/mol. The lowest BCUT2D eigenvalue weighted by molar-refractivity contribution is -0.140. The molecule has 45 heavy (non-hydrogen) atoms. The third kappa shape index (κ3) is 9.28. The molecule has 9 heteroatoms. The Bertz CT molecular complexity index is 1690. The van der Waals surface area contributed by atoms with Gasteiger partial charge < -0.3 is 10.2 Å². The number of nitrogens with one attached hydrogen (secondary N) is 1. The molecular formula is C36H40BrN3O4S. The summed E-state index contributed by atoms with van der Waals surface area (Å²) in [6.07, 6.45) is 0.268. The van der Waals surface area contributed by atoms with Crippen LogP contribution in [0.1, 0.15) is 36.1 Å². The first-order valence-electron chi connectivity index (χ1n) is 15.0. The Balaban J connectivity index is 1.79. The van der Waals surface area contributed by atoms with Gasteiger partial charge in [-0.15, -0.1) is 0 Å². The van der Waals surface area contributed by atoms with E-state index in [4.69, 9.17) is 0 Å². The molecule has 0 bridgehead atoms. The SMILES string of the molecule is Cc1ccc(CN(C(=O)CN(c2cccc(Br)c2)S(=O)(=O)c2ccc(C)cc2)[C@H](Cc2ccccc2)C(=O)NCC(C)C)cc1. The summed E-state index contributed by atoms with van der Waals surface area (Å²) in [5.74, 6) is -0.575. The average molecular weight is 691 g/mol. The summed E-state index contributed by atoms with van der Waals surface area (Å²) >= 11 is 3.45. The zero-order chi connectivity index (χ0) is 32.6. The Kier molecular flexibility index (Phi) is 11.6. The first-order chi connectivity index (χ1) is 21.4. The van der Waals surface area contributed by atoms with Crippen LogP contribution >= 0.6 is 15.9 Å². The van der Waals surface area contributed by atoms with E-state index in [1.54, 1.807) is 48.5 Å². The van der Waals surface area contributed by atoms with E-state index < -0.39 is 28.5 Å². The number of hydrogen-bond donors (Lipinski definition) is 1. The van der Waals surface area contributed by atoms with Crippen molar-refractivity contribution in [3.8, 4) is 0 Å². The third-order valence-corrected chi connectivity index (χ3v) is 9.69. The van der Waals surface area contributed by atoms with E-state index in [1.165, 1.54) is 4.90 Å². The molecule has 0 saturated carbocycles. The zero-order valence-electron chi connectivity index (χ0n) is 26.1. The molecule has 1 N–H and O–H groups in total. The van der Waals surface area contributed by atoms with Gasteiger partial charge in [-0.3, -0.25) is 13.9 Å². The van der Waals surface area contributed by atoms with Gasteiger partial charge in [0.2, 0.25) is 11.8 Å². The highest BCUT2D eigenvalue weighted by molar-refractivity contribution is 9.10. The van der Waals surface area contributed by atoms with Crippen LogP contribution in [0.3, 0.4) is 0 Å². The number of sulfonamides is 1. The molecule has 0 fully saturated rings. The molecule has 0 aliphatic heterocycles. The topological polar surface area (TPSA) is 86.8 Å². The Morgan fingerprint density at radius 1 is 0.800 bits per heavy atom. The van der Waals surface area contributed by atoms with Crippen molar-refractivity contribution >= 4 is 43.5 Å². The summed E-state index contributed by atoms with van der Waals surface area (Å²) in [6.45, 7) is 7.95. The van der Waals surface area contributed by atoms with Gasteiger partial charge in [-0.05, 0) is 61.2 Å². The largest absolute Gasteiger partial charge is 0.354 e. The van der Waals surface area contributed by atoms with Crippen molar-refractivity contribution in [3.05, 3.63) is 130 Å². The quantitative estimate of drug-likeness (QED) is 0.170. The van der Waals surface area contributed by atoms with Gasteiger partial charge in [-0.2, -0.15) is 0 Å². The van der Waals surface area contributed by atoms with Crippen LogP contribution < -0.4 is 9.62 Å². The molecule has 0 radical (unpaired) electrons. The fraction of sp³-hybridized carbons (Fsp3) is 0.278. The van der Waals surface area contributed by atoms with Crippen LogP contribution in [0.15, 0.2) is 112 Å². The standard InChI is InChI=1S/C36H40BrN3O4S/c1-26(2)23-38-36(42)34(21-29-9-6-5-7-10-29)39(24-30-17-13-27(3)14-18-30)35(41)25-40(32-12-8-11-31(37)22-32)45(43,44)33-19-15-28(4)16-20-33/h5-20,22,26,34H,21,23-25H2,1-4H3,(H,38,42)/t34-/m1/s1. The number of aryl methyl sites for hydroxylation is 2. The second-order valence-electron chi connectivity index (χ2n) is 11.7. The lowest BCUT2D eigenvalue weighted by Crippen LogP contribution is -2.53. The molecule has 0 unspecified atom stereocenters. The van der Waals surface area contributed by atoms with Gasteiger partial charge in [0.1, 0.15) is 12.6 Å². The van der Waals surface area contributed by atoms with Crippen LogP contribution in [-0.4, -0.2) is 44.3 Å². The lowest BCUT2D eigenvalue weighted by atomic mass is 10.0. The highest BCUT2D eigenvalue weighted by Crippen LogP contribution is 2.27. The molecule has 2 amide bonds. The summed E-state index contributed by atoms with van der Waals surface area (Å²) < 4.78 is 30.1. The molecule has 0 spiro atoms. The van der Waals surface area contributed by atoms with Crippen molar-refractivity contribution in [1.82, 2.24) is 10.2 Å². The van der Waals surface area contributed by atoms with Crippen LogP contribution in [-0.2, 0) is 32.6 Å². The van der Waals surface area contributed by atoms with Crippen LogP contribution in [0.5, 0.6) is 0 Å². The van der Waals surface area contributed by atoms with E-state index in [9.17, 15) is 18.0 Å². The first kappa shape index (κ1) is 33.9. The predicted octanol–water partition coefficient (Wildman–Crippen LogP) is 6.67. The van der Waals surface area contributed by atoms with Gasteiger partial charge in [0.05, 0.1) is 10.6 Å². The predicted molar refractivity (Wildman–Crippen MR) is 183 cm³/mol. The van der Waals surface area contributed by atoms with Crippen molar-refractivity contribution in [3.63, 3.8) is 0 Å². The number of halogens is 1. The summed E-state index contributed by atoms with van der Waals surface area (Å²) in [6, 6.07) is 29.8. The van der Waals surface area contributed by atoms with Crippen molar-refractivity contribution in [2.24, 2.45) is 5.92 Å². The molecule has 4 rings (SSSR count). The van der Waals surface area contributed by atoms with E-state index in [1.807, 2.05) is 82.3 Å². The number of rotatable bonds is 13. The van der Waals surface area contributed by atoms with E-state index in [-0.39, 0.29) is 29.7 Å². The zero-order valence-corrected chi connectivity index (χ0v) is 28.5. The second kappa shape index (κ2) is 15.4. The number of benzene rings is 4. The minimum absolute atomic E-state index is 0.0708. The minimum Gasteiger partial charge on any atom is -0.354 e. The lowest BCUT2D eigenvalue weighted by Gasteiger charge is -2.34. The van der Waals surface area contributed by atoms with Gasteiger partial charge in [-0.1, -0.05) is 114 Å². The molecule has 0 aromatic heterocycles. The molecule has 1 atom stereocenters. The molecule has 4 aromatic rings. The molecular weight excluding hydrogens is 650 g/mol. The third-order valence-electron chi connectivity index (χ3n) is 7.41. The Morgan fingerprint density at radius 3 is 2.02 bits per heavy atom. The molecule has 0 saturated heterocycles. The first-order valence-corrected chi connectivity index (χ1v) is 17.2. The van der Waals surface area contributed by atoms with Gasteiger partial charge in [-0.25, -0.2) is 8.42 Å². The van der Waals surface area contributed by atoms with E-state index >= 15 is 0 Å². The Labute approximate surface area is 275 Å². The molecule has 0 aliphatic carbocycles. The van der Waals surface area contributed by atoms with Crippen molar-refractivity contribution in [2.75, 3.05) is 17.4 Å². The molecule has 4 aromatic carbocycles. The van der Waals surface area contributed by atoms with Crippen LogP contribution in [0, 0.1) is 19.8 Å². The normalized spacial score (nSPS) is 12.0. The molecule has 7 nitrogen and oxygen atoms in total. The van der Waals surface area contributed by atoms with Crippen molar-refractivity contribution in [1.29, 1.82) is 0 Å². The Hall–Kier alpha value is -3.95. The number of carbonyl (C=O) groups is 2. The number of amides is 2. The van der Waals surface area contributed by atoms with Crippen molar-refractivity contribution in [2.45, 2.75) is 51.6 Å². The maximum absolute atomic E-state index is 14.5. The minimum atomic E-state index is -4.16. The molecule has 236 valence electrons. The fourth-order valence-electron chi connectivity index (χ4n) is 4.86. The van der Waals surface area contributed by atoms with Crippen LogP contribution in [0.2, 0.25) is 0 Å². The van der Waals surface area contributed by atoms with Gasteiger partial charge in [0.15, 0.2) is 0 Å². The van der Waals surface area contributed by atoms with Gasteiger partial charge >= 0.3 is 0 Å². The van der Waals surface area contributed by atoms with E-state index in [0.29, 0.717) is 16.7 Å². The van der Waals surface area contributed by atoms with Gasteiger partial charge in [0, 0.05) is 24.0 Å². The average Bonchev–Trinajstić information content (AvgIpc) is 3.01. The number of hydrogen-bond acceptors (Lipinski definition) is 4. The van der Waals surface area contributed by atoms with E-state index in [0.717, 1.165) is 26.6 Å². The van der Waals surface area contributed by atoms with Crippen LogP contribution in [0.4, 0.5) is 5.69 Å². The highest BCUT2D eigenvalue weighted by atomic mass is 79.9. The second-order valence-corrected chi connectivity index (χ2v) is 14.4. The van der Waals surface area contributed by atoms with E-state index in [2.05, 4.69) is 21.2 Å². The maximum atomic E-state index is 14.5. The summed E-state index contributed by atoms with van der Waals surface area (Å²) in [7, 11) is -4.16. The number of carbonyl (C=O) groups excluding carboxylic acids is 2. The summed E-state index contributed by atoms with van der Waals surface area (Å²) in [4.78, 5) is 30.0. The maximum Gasteiger partial charge on any atom is 0.264 e. The number of anilines is 1. The highest BCUT2D eigenvalue weighted by Gasteiger charge is 2.34. The van der Waals surface area contributed by atoms with Crippen LogP contribution in [0.25, 0.3) is 0 Å². The molecule has 0 aliphatic rings. The molecule has 0 heterocycles. The fourth-order valence-corrected chi connectivity index (χ4v) is 6.66.